The van der Waals surface area contributed by atoms with Crippen molar-refractivity contribution >= 4 is 43.6 Å². The van der Waals surface area contributed by atoms with E-state index in [0.29, 0.717) is 19.5 Å². The monoisotopic (exact) mass is 522 g/mol. The van der Waals surface area contributed by atoms with Crippen LogP contribution >= 0.6 is 11.3 Å². The molecule has 1 amide bonds. The lowest BCUT2D eigenvalue weighted by atomic mass is 9.99. The van der Waals surface area contributed by atoms with Gasteiger partial charge in [-0.15, -0.1) is 11.3 Å². The number of carbonyl (C=O) groups is 1. The quantitative estimate of drug-likeness (QED) is 0.509. The number of hydrogen-bond acceptors (Lipinski definition) is 7. The van der Waals surface area contributed by atoms with Gasteiger partial charge in [0.25, 0.3) is 0 Å². The molecule has 0 spiro atoms. The summed E-state index contributed by atoms with van der Waals surface area (Å²) in [5.74, 6) is 0.692. The summed E-state index contributed by atoms with van der Waals surface area (Å²) in [6, 6.07) is 14.9. The lowest BCUT2D eigenvalue weighted by Crippen LogP contribution is -2.40. The first-order chi connectivity index (χ1) is 17.4. The fourth-order valence-electron chi connectivity index (χ4n) is 5.32. The van der Waals surface area contributed by atoms with Gasteiger partial charge < -0.3 is 14.7 Å². The molecule has 0 unspecified atom stereocenters. The highest BCUT2D eigenvalue weighted by atomic mass is 32.2. The van der Waals surface area contributed by atoms with Crippen molar-refractivity contribution in [1.82, 2.24) is 4.98 Å². The number of sulfone groups is 1. The van der Waals surface area contributed by atoms with Crippen molar-refractivity contribution in [3.05, 3.63) is 70.2 Å². The summed E-state index contributed by atoms with van der Waals surface area (Å²) >= 11 is 1.74. The second-order valence-electron chi connectivity index (χ2n) is 9.86. The molecule has 3 aromatic rings. The predicted molar refractivity (Wildman–Crippen MR) is 145 cm³/mol. The van der Waals surface area contributed by atoms with Crippen molar-refractivity contribution in [2.24, 2.45) is 0 Å². The van der Waals surface area contributed by atoms with Crippen molar-refractivity contribution in [1.29, 1.82) is 0 Å². The molecule has 9 heteroatoms. The first-order valence-electron chi connectivity index (χ1n) is 12.6. The number of aromatic nitrogens is 1. The zero-order valence-corrected chi connectivity index (χ0v) is 21.9. The fourth-order valence-corrected chi connectivity index (χ4v) is 7.49. The summed E-state index contributed by atoms with van der Waals surface area (Å²) in [4.78, 5) is 24.6. The first kappa shape index (κ1) is 23.5. The van der Waals surface area contributed by atoms with Crippen LogP contribution in [0, 0.1) is 0 Å². The average molecular weight is 523 g/mol. The summed E-state index contributed by atoms with van der Waals surface area (Å²) in [5.41, 5.74) is 5.98. The molecule has 0 atom stereocenters. The SMILES string of the molecule is O=C1CCCN1c1ccc2c(c1)CN(c1ncc(Cc3ccc(N4CCS(=O)(=O)CC4)cc3)s1)CC2. The van der Waals surface area contributed by atoms with E-state index >= 15 is 0 Å². The number of thiazole rings is 1. The maximum Gasteiger partial charge on any atom is 0.227 e. The molecule has 1 aromatic heterocycles. The molecule has 2 saturated heterocycles. The second kappa shape index (κ2) is 9.52. The van der Waals surface area contributed by atoms with Crippen molar-refractivity contribution in [2.75, 3.05) is 52.4 Å². The predicted octanol–water partition coefficient (Wildman–Crippen LogP) is 3.66. The maximum absolute atomic E-state index is 12.2. The Kier molecular flexibility index (Phi) is 6.21. The molecule has 2 aromatic carbocycles. The number of benzene rings is 2. The summed E-state index contributed by atoms with van der Waals surface area (Å²) in [6.07, 6.45) is 5.39. The molecule has 7 nitrogen and oxygen atoms in total. The average Bonchev–Trinajstić information content (AvgIpc) is 3.53. The van der Waals surface area contributed by atoms with Gasteiger partial charge in [0.1, 0.15) is 0 Å². The number of fused-ring (bicyclic) bond motifs is 1. The van der Waals surface area contributed by atoms with Gasteiger partial charge in [0, 0.05) is 68.0 Å². The van der Waals surface area contributed by atoms with E-state index in [1.54, 1.807) is 11.3 Å². The summed E-state index contributed by atoms with van der Waals surface area (Å²) in [6.45, 7) is 3.71. The van der Waals surface area contributed by atoms with Crippen LogP contribution in [-0.4, -0.2) is 57.0 Å². The van der Waals surface area contributed by atoms with Crippen molar-refractivity contribution < 1.29 is 13.2 Å². The van der Waals surface area contributed by atoms with E-state index in [0.717, 1.165) is 55.4 Å². The van der Waals surface area contributed by atoms with Gasteiger partial charge in [0.2, 0.25) is 5.91 Å². The van der Waals surface area contributed by atoms with Gasteiger partial charge in [-0.2, -0.15) is 0 Å². The zero-order chi connectivity index (χ0) is 24.7. The Hall–Kier alpha value is -2.91. The third kappa shape index (κ3) is 4.86. The standard InChI is InChI=1S/C27H30N4O3S2/c32-26-2-1-10-31(26)24-8-5-21-9-11-30(19-22(21)17-24)27-28-18-25(35-27)16-20-3-6-23(7-4-20)29-12-14-36(33,34)15-13-29/h3-8,17-18H,1-2,9-16,19H2. The third-order valence-corrected chi connectivity index (χ3v) is 10.1. The van der Waals surface area contributed by atoms with Gasteiger partial charge in [-0.05, 0) is 53.8 Å². The molecule has 36 heavy (non-hydrogen) atoms. The molecule has 4 heterocycles. The van der Waals surface area contributed by atoms with Crippen LogP contribution in [0.5, 0.6) is 0 Å². The summed E-state index contributed by atoms with van der Waals surface area (Å²) < 4.78 is 23.4. The van der Waals surface area contributed by atoms with E-state index in [2.05, 4.69) is 52.3 Å². The molecule has 0 bridgehead atoms. The molecule has 3 aliphatic heterocycles. The molecule has 0 saturated carbocycles. The van der Waals surface area contributed by atoms with E-state index < -0.39 is 9.84 Å². The molecule has 3 aliphatic rings. The second-order valence-corrected chi connectivity index (χ2v) is 13.3. The Morgan fingerprint density at radius 2 is 1.64 bits per heavy atom. The van der Waals surface area contributed by atoms with Gasteiger partial charge >= 0.3 is 0 Å². The minimum Gasteiger partial charge on any atom is -0.369 e. The first-order valence-corrected chi connectivity index (χ1v) is 15.2. The van der Waals surface area contributed by atoms with Crippen LogP contribution in [0.25, 0.3) is 0 Å². The molecular weight excluding hydrogens is 492 g/mol. The summed E-state index contributed by atoms with van der Waals surface area (Å²) in [7, 11) is -2.87. The van der Waals surface area contributed by atoms with E-state index in [-0.39, 0.29) is 17.4 Å². The Labute approximate surface area is 216 Å². The number of rotatable bonds is 5. The number of amides is 1. The fraction of sp³-hybridized carbons (Fsp3) is 0.407. The van der Waals surface area contributed by atoms with E-state index in [4.69, 9.17) is 4.98 Å². The lowest BCUT2D eigenvalue weighted by Gasteiger charge is -2.29. The van der Waals surface area contributed by atoms with Gasteiger partial charge in [-0.25, -0.2) is 13.4 Å². The largest absolute Gasteiger partial charge is 0.369 e. The van der Waals surface area contributed by atoms with Crippen molar-refractivity contribution in [3.63, 3.8) is 0 Å². The number of hydrogen-bond donors (Lipinski definition) is 0. The number of carbonyl (C=O) groups excluding carboxylic acids is 1. The minimum atomic E-state index is -2.87. The van der Waals surface area contributed by atoms with Crippen LogP contribution in [0.1, 0.15) is 34.4 Å². The van der Waals surface area contributed by atoms with E-state index in [9.17, 15) is 13.2 Å². The van der Waals surface area contributed by atoms with Crippen LogP contribution in [0.3, 0.4) is 0 Å². The van der Waals surface area contributed by atoms with Crippen LogP contribution < -0.4 is 14.7 Å². The zero-order valence-electron chi connectivity index (χ0n) is 20.2. The van der Waals surface area contributed by atoms with Crippen LogP contribution in [0.2, 0.25) is 0 Å². The van der Waals surface area contributed by atoms with E-state index in [1.807, 2.05) is 11.1 Å². The third-order valence-electron chi connectivity index (χ3n) is 7.42. The van der Waals surface area contributed by atoms with E-state index in [1.165, 1.54) is 21.6 Å². The molecule has 2 fully saturated rings. The Bertz CT molecular complexity index is 1370. The lowest BCUT2D eigenvalue weighted by molar-refractivity contribution is -0.117. The highest BCUT2D eigenvalue weighted by Crippen LogP contribution is 2.32. The Morgan fingerprint density at radius 3 is 2.39 bits per heavy atom. The van der Waals surface area contributed by atoms with Crippen LogP contribution in [0.4, 0.5) is 16.5 Å². The minimum absolute atomic E-state index is 0.226. The molecule has 0 aliphatic carbocycles. The van der Waals surface area contributed by atoms with Gasteiger partial charge in [-0.1, -0.05) is 18.2 Å². The van der Waals surface area contributed by atoms with Gasteiger partial charge in [-0.3, -0.25) is 4.79 Å². The highest BCUT2D eigenvalue weighted by Gasteiger charge is 2.25. The van der Waals surface area contributed by atoms with Gasteiger partial charge in [0.05, 0.1) is 11.5 Å². The molecule has 0 radical (unpaired) electrons. The topological polar surface area (TPSA) is 73.8 Å². The van der Waals surface area contributed by atoms with Gasteiger partial charge in [0.15, 0.2) is 15.0 Å². The maximum atomic E-state index is 12.2. The van der Waals surface area contributed by atoms with Crippen molar-refractivity contribution in [2.45, 2.75) is 32.2 Å². The Balaban J connectivity index is 1.10. The number of anilines is 3. The summed E-state index contributed by atoms with van der Waals surface area (Å²) in [5, 5.41) is 1.05. The molecule has 188 valence electrons. The van der Waals surface area contributed by atoms with Crippen molar-refractivity contribution in [3.8, 4) is 0 Å². The molecule has 0 N–H and O–H groups in total. The van der Waals surface area contributed by atoms with Crippen LogP contribution in [-0.2, 0) is 34.0 Å². The van der Waals surface area contributed by atoms with Crippen LogP contribution in [0.15, 0.2) is 48.7 Å². The Morgan fingerprint density at radius 1 is 0.861 bits per heavy atom. The normalized spacial score (nSPS) is 19.6. The molecular formula is C27H30N4O3S2. The highest BCUT2D eigenvalue weighted by molar-refractivity contribution is 7.91. The number of nitrogens with zero attached hydrogens (tertiary/aromatic N) is 4. The molecule has 6 rings (SSSR count). The smallest absolute Gasteiger partial charge is 0.227 e.